The van der Waals surface area contributed by atoms with E-state index < -0.39 is 0 Å². The minimum Gasteiger partial charge on any atom is -0.336 e. The Morgan fingerprint density at radius 2 is 2.18 bits per heavy atom. The first-order valence-corrected chi connectivity index (χ1v) is 6.78. The van der Waals surface area contributed by atoms with Crippen LogP contribution in [0.1, 0.15) is 28.6 Å². The van der Waals surface area contributed by atoms with E-state index in [0.29, 0.717) is 11.2 Å². The Morgan fingerprint density at radius 3 is 2.76 bits per heavy atom. The summed E-state index contributed by atoms with van der Waals surface area (Å²) in [5.41, 5.74) is 2.90. The third kappa shape index (κ3) is 2.56. The fraction of sp³-hybridized carbons (Fsp3) is 0.333. The first-order chi connectivity index (χ1) is 8.11. The summed E-state index contributed by atoms with van der Waals surface area (Å²) >= 11 is 6.66. The third-order valence-electron chi connectivity index (χ3n) is 2.79. The van der Waals surface area contributed by atoms with Crippen LogP contribution in [0, 0.1) is 11.7 Å². The van der Waals surface area contributed by atoms with Crippen LogP contribution in [0.2, 0.25) is 0 Å². The molecule has 0 spiro atoms. The highest BCUT2D eigenvalue weighted by Crippen LogP contribution is 2.19. The van der Waals surface area contributed by atoms with Crippen molar-refractivity contribution in [3.8, 4) is 0 Å². The second kappa shape index (κ2) is 4.98. The fourth-order valence-electron chi connectivity index (χ4n) is 1.79. The maximum atomic E-state index is 11.9. The Morgan fingerprint density at radius 1 is 1.41 bits per heavy atom. The van der Waals surface area contributed by atoms with Gasteiger partial charge in [0.25, 0.3) is 5.56 Å². The van der Waals surface area contributed by atoms with E-state index in [2.05, 4.69) is 28.3 Å². The van der Waals surface area contributed by atoms with E-state index >= 15 is 0 Å². The van der Waals surface area contributed by atoms with Gasteiger partial charge in [-0.3, -0.25) is 9.78 Å². The summed E-state index contributed by atoms with van der Waals surface area (Å²) in [7, 11) is 0. The molecule has 2 heterocycles. The Hall–Kier alpha value is -1.20. The molecule has 17 heavy (non-hydrogen) atoms. The summed E-state index contributed by atoms with van der Waals surface area (Å²) in [6, 6.07) is 2.07. The van der Waals surface area contributed by atoms with Crippen LogP contribution in [0.4, 0.5) is 0 Å². The normalized spacial score (nSPS) is 10.7. The number of aromatic nitrogens is 2. The lowest BCUT2D eigenvalue weighted by molar-refractivity contribution is 0.910. The standard InChI is InChI=1S/C12H14N2OS2/c1-3-9-8(11(15)14-12(16)13-9)6-10-7(2)4-5-17-10/h4-5H,3,6H2,1-2H3,(H2,13,14,15,16). The van der Waals surface area contributed by atoms with Crippen molar-refractivity contribution in [1.82, 2.24) is 9.97 Å². The monoisotopic (exact) mass is 266 g/mol. The summed E-state index contributed by atoms with van der Waals surface area (Å²) in [6.45, 7) is 4.08. The van der Waals surface area contributed by atoms with E-state index in [4.69, 9.17) is 12.2 Å². The number of H-pyrrole nitrogens is 2. The predicted octanol–water partition coefficient (Wildman–Crippen LogP) is 2.96. The van der Waals surface area contributed by atoms with Gasteiger partial charge in [0.2, 0.25) is 0 Å². The zero-order chi connectivity index (χ0) is 12.4. The molecule has 0 saturated carbocycles. The van der Waals surface area contributed by atoms with Gasteiger partial charge in [0.15, 0.2) is 4.77 Å². The average Bonchev–Trinajstić information content (AvgIpc) is 2.68. The molecule has 0 aliphatic rings. The number of rotatable bonds is 3. The number of hydrogen-bond donors (Lipinski definition) is 2. The number of aryl methyl sites for hydroxylation is 2. The highest BCUT2D eigenvalue weighted by Gasteiger charge is 2.10. The quantitative estimate of drug-likeness (QED) is 0.839. The molecule has 0 aliphatic heterocycles. The molecule has 0 saturated heterocycles. The minimum atomic E-state index is -0.0709. The van der Waals surface area contributed by atoms with Gasteiger partial charge in [0.05, 0.1) is 0 Å². The first kappa shape index (κ1) is 12.3. The molecular weight excluding hydrogens is 252 g/mol. The largest absolute Gasteiger partial charge is 0.336 e. The van der Waals surface area contributed by atoms with Crippen molar-refractivity contribution in [3.05, 3.63) is 48.3 Å². The summed E-state index contributed by atoms with van der Waals surface area (Å²) in [5.74, 6) is 0. The van der Waals surface area contributed by atoms with E-state index in [1.807, 2.05) is 6.92 Å². The zero-order valence-corrected chi connectivity index (χ0v) is 11.4. The van der Waals surface area contributed by atoms with Crippen molar-refractivity contribution in [3.63, 3.8) is 0 Å². The minimum absolute atomic E-state index is 0.0709. The topological polar surface area (TPSA) is 48.6 Å². The highest BCUT2D eigenvalue weighted by atomic mass is 32.1. The number of aromatic amines is 2. The van der Waals surface area contributed by atoms with Crippen molar-refractivity contribution in [2.45, 2.75) is 26.7 Å². The van der Waals surface area contributed by atoms with Gasteiger partial charge >= 0.3 is 0 Å². The second-order valence-electron chi connectivity index (χ2n) is 3.92. The molecule has 0 amide bonds. The molecule has 0 aliphatic carbocycles. The summed E-state index contributed by atoms with van der Waals surface area (Å²) in [5, 5.41) is 2.05. The zero-order valence-electron chi connectivity index (χ0n) is 9.79. The number of nitrogens with one attached hydrogen (secondary N) is 2. The van der Waals surface area contributed by atoms with Gasteiger partial charge in [-0.1, -0.05) is 6.92 Å². The lowest BCUT2D eigenvalue weighted by atomic mass is 10.1. The predicted molar refractivity (Wildman–Crippen MR) is 73.5 cm³/mol. The molecule has 5 heteroatoms. The van der Waals surface area contributed by atoms with Gasteiger partial charge < -0.3 is 4.98 Å². The van der Waals surface area contributed by atoms with Crippen LogP contribution < -0.4 is 5.56 Å². The van der Waals surface area contributed by atoms with Gasteiger partial charge in [-0.15, -0.1) is 11.3 Å². The molecule has 3 nitrogen and oxygen atoms in total. The lowest BCUT2D eigenvalue weighted by Gasteiger charge is -2.06. The smallest absolute Gasteiger partial charge is 0.255 e. The molecule has 2 rings (SSSR count). The SMILES string of the molecule is CCc1[nH]c(=S)[nH]c(=O)c1Cc1sccc1C. The fourth-order valence-corrected chi connectivity index (χ4v) is 2.93. The molecule has 0 radical (unpaired) electrons. The van der Waals surface area contributed by atoms with Crippen LogP contribution in [0.15, 0.2) is 16.2 Å². The van der Waals surface area contributed by atoms with Gasteiger partial charge in [-0.25, -0.2) is 0 Å². The van der Waals surface area contributed by atoms with Crippen LogP contribution in [0.5, 0.6) is 0 Å². The van der Waals surface area contributed by atoms with Crippen molar-refractivity contribution < 1.29 is 0 Å². The van der Waals surface area contributed by atoms with E-state index in [-0.39, 0.29) is 5.56 Å². The van der Waals surface area contributed by atoms with Crippen LogP contribution in [0.3, 0.4) is 0 Å². The van der Waals surface area contributed by atoms with E-state index in [0.717, 1.165) is 17.7 Å². The summed E-state index contributed by atoms with van der Waals surface area (Å²) in [6.07, 6.45) is 1.46. The van der Waals surface area contributed by atoms with Gasteiger partial charge in [0, 0.05) is 22.6 Å². The second-order valence-corrected chi connectivity index (χ2v) is 5.33. The Labute approximate surface area is 109 Å². The molecule has 2 aromatic heterocycles. The van der Waals surface area contributed by atoms with E-state index in [9.17, 15) is 4.79 Å². The molecular formula is C12H14N2OS2. The van der Waals surface area contributed by atoms with Crippen LogP contribution in [-0.4, -0.2) is 9.97 Å². The first-order valence-electron chi connectivity index (χ1n) is 5.49. The van der Waals surface area contributed by atoms with Crippen LogP contribution in [0.25, 0.3) is 0 Å². The average molecular weight is 266 g/mol. The van der Waals surface area contributed by atoms with Gasteiger partial charge in [0.1, 0.15) is 0 Å². The highest BCUT2D eigenvalue weighted by molar-refractivity contribution is 7.71. The number of hydrogen-bond acceptors (Lipinski definition) is 3. The molecule has 0 unspecified atom stereocenters. The Kier molecular flexibility index (Phi) is 3.59. The van der Waals surface area contributed by atoms with Crippen molar-refractivity contribution in [2.75, 3.05) is 0 Å². The molecule has 90 valence electrons. The number of thiophene rings is 1. The molecule has 0 atom stereocenters. The molecule has 2 N–H and O–H groups in total. The van der Waals surface area contributed by atoms with Gasteiger partial charge in [-0.05, 0) is 42.6 Å². The Balaban J connectivity index is 2.49. The van der Waals surface area contributed by atoms with E-state index in [1.54, 1.807) is 11.3 Å². The summed E-state index contributed by atoms with van der Waals surface area (Å²) in [4.78, 5) is 18.9. The van der Waals surface area contributed by atoms with Crippen molar-refractivity contribution >= 4 is 23.6 Å². The maximum absolute atomic E-state index is 11.9. The summed E-state index contributed by atoms with van der Waals surface area (Å²) < 4.78 is 0.401. The van der Waals surface area contributed by atoms with Crippen LogP contribution in [-0.2, 0) is 12.8 Å². The molecule has 0 bridgehead atoms. The molecule has 0 aromatic carbocycles. The third-order valence-corrected chi connectivity index (χ3v) is 4.02. The van der Waals surface area contributed by atoms with Crippen molar-refractivity contribution in [2.24, 2.45) is 0 Å². The van der Waals surface area contributed by atoms with Crippen molar-refractivity contribution in [1.29, 1.82) is 0 Å². The molecule has 0 fully saturated rings. The maximum Gasteiger partial charge on any atom is 0.255 e. The van der Waals surface area contributed by atoms with E-state index in [1.165, 1.54) is 10.4 Å². The van der Waals surface area contributed by atoms with Crippen LogP contribution >= 0.6 is 23.6 Å². The van der Waals surface area contributed by atoms with Gasteiger partial charge in [-0.2, -0.15) is 0 Å². The molecule has 2 aromatic rings. The lowest BCUT2D eigenvalue weighted by Crippen LogP contribution is -2.18. The Bertz CT molecular complexity index is 636.